The summed E-state index contributed by atoms with van der Waals surface area (Å²) in [6, 6.07) is 6.54. The van der Waals surface area contributed by atoms with E-state index in [2.05, 4.69) is 49.3 Å². The molecule has 0 saturated carbocycles. The lowest BCUT2D eigenvalue weighted by Crippen LogP contribution is -2.44. The molecule has 1 aromatic rings. The number of morpholine rings is 1. The van der Waals surface area contributed by atoms with Crippen molar-refractivity contribution in [1.29, 1.82) is 0 Å². The molecule has 0 bridgehead atoms. The molecule has 1 atom stereocenters. The first-order chi connectivity index (χ1) is 8.66. The minimum Gasteiger partial charge on any atom is -0.374 e. The van der Waals surface area contributed by atoms with Crippen molar-refractivity contribution >= 4 is 0 Å². The number of nitrogens with zero attached hydrogens (tertiary/aromatic N) is 1. The van der Waals surface area contributed by atoms with Gasteiger partial charge in [0.2, 0.25) is 0 Å². The first-order valence-corrected chi connectivity index (χ1v) is 6.73. The maximum absolute atomic E-state index is 5.74. The average Bonchev–Trinajstić information content (AvgIpc) is 2.36. The summed E-state index contributed by atoms with van der Waals surface area (Å²) in [6.07, 6.45) is 0.328. The Bertz CT molecular complexity index is 386. The highest BCUT2D eigenvalue weighted by Crippen LogP contribution is 2.14. The predicted molar refractivity (Wildman–Crippen MR) is 74.9 cm³/mol. The minimum absolute atomic E-state index is 0.328. The van der Waals surface area contributed by atoms with E-state index in [1.165, 1.54) is 16.7 Å². The van der Waals surface area contributed by atoms with Gasteiger partial charge in [-0.3, -0.25) is 4.90 Å². The molecule has 3 nitrogen and oxygen atoms in total. The summed E-state index contributed by atoms with van der Waals surface area (Å²) >= 11 is 0. The summed E-state index contributed by atoms with van der Waals surface area (Å²) in [5.74, 6) is 0. The summed E-state index contributed by atoms with van der Waals surface area (Å²) in [5, 5.41) is 3.37. The highest BCUT2D eigenvalue weighted by Gasteiger charge is 2.15. The SMILES string of the molecule is Cc1cccc(CN(C)CC2CNCCO2)c1C. The van der Waals surface area contributed by atoms with Crippen molar-refractivity contribution in [2.24, 2.45) is 0 Å². The van der Waals surface area contributed by atoms with E-state index in [1.54, 1.807) is 0 Å². The second kappa shape index (κ2) is 6.32. The van der Waals surface area contributed by atoms with Crippen molar-refractivity contribution in [3.63, 3.8) is 0 Å². The topological polar surface area (TPSA) is 24.5 Å². The molecule has 100 valence electrons. The largest absolute Gasteiger partial charge is 0.374 e. The van der Waals surface area contributed by atoms with Gasteiger partial charge in [-0.2, -0.15) is 0 Å². The lowest BCUT2D eigenvalue weighted by Gasteiger charge is -2.28. The molecule has 3 heteroatoms. The van der Waals surface area contributed by atoms with Crippen molar-refractivity contribution in [3.8, 4) is 0 Å². The van der Waals surface area contributed by atoms with Gasteiger partial charge in [0, 0.05) is 26.2 Å². The molecule has 1 heterocycles. The van der Waals surface area contributed by atoms with Crippen LogP contribution in [0.4, 0.5) is 0 Å². The number of hydrogen-bond donors (Lipinski definition) is 1. The molecule has 1 aliphatic heterocycles. The van der Waals surface area contributed by atoms with Gasteiger partial charge in [-0.05, 0) is 37.6 Å². The van der Waals surface area contributed by atoms with Crippen LogP contribution in [0.2, 0.25) is 0 Å². The van der Waals surface area contributed by atoms with Gasteiger partial charge in [-0.1, -0.05) is 18.2 Å². The minimum atomic E-state index is 0.328. The van der Waals surface area contributed by atoms with Gasteiger partial charge in [-0.15, -0.1) is 0 Å². The summed E-state index contributed by atoms with van der Waals surface area (Å²) in [6.45, 7) is 9.15. The molecule has 1 saturated heterocycles. The molecule has 0 amide bonds. The van der Waals surface area contributed by atoms with E-state index in [1.807, 2.05) is 0 Å². The standard InChI is InChI=1S/C15H24N2O/c1-12-5-4-6-14(13(12)2)10-17(3)11-15-9-16-7-8-18-15/h4-6,15-16H,7-11H2,1-3H3. The zero-order valence-electron chi connectivity index (χ0n) is 11.7. The van der Waals surface area contributed by atoms with Crippen LogP contribution in [0.3, 0.4) is 0 Å². The first kappa shape index (κ1) is 13.5. The zero-order chi connectivity index (χ0) is 13.0. The van der Waals surface area contributed by atoms with Crippen LogP contribution in [0.1, 0.15) is 16.7 Å². The van der Waals surface area contributed by atoms with E-state index in [0.29, 0.717) is 6.10 Å². The monoisotopic (exact) mass is 248 g/mol. The van der Waals surface area contributed by atoms with Gasteiger partial charge in [0.15, 0.2) is 0 Å². The number of ether oxygens (including phenoxy) is 1. The summed E-state index contributed by atoms with van der Waals surface area (Å²) in [4.78, 5) is 2.35. The molecule has 1 N–H and O–H groups in total. The van der Waals surface area contributed by atoms with Crippen LogP contribution < -0.4 is 5.32 Å². The van der Waals surface area contributed by atoms with E-state index in [0.717, 1.165) is 32.8 Å². The highest BCUT2D eigenvalue weighted by molar-refractivity contribution is 5.32. The Morgan fingerprint density at radius 2 is 2.22 bits per heavy atom. The third kappa shape index (κ3) is 3.55. The van der Waals surface area contributed by atoms with Crippen LogP contribution >= 0.6 is 0 Å². The number of rotatable bonds is 4. The molecule has 0 aliphatic carbocycles. The molecule has 1 fully saturated rings. The Morgan fingerprint density at radius 1 is 1.39 bits per heavy atom. The van der Waals surface area contributed by atoms with Gasteiger partial charge in [0.05, 0.1) is 12.7 Å². The molecule has 18 heavy (non-hydrogen) atoms. The Hall–Kier alpha value is -0.900. The molecular formula is C15H24N2O. The lowest BCUT2D eigenvalue weighted by atomic mass is 10.0. The van der Waals surface area contributed by atoms with E-state index < -0.39 is 0 Å². The quantitative estimate of drug-likeness (QED) is 0.878. The normalized spacial score (nSPS) is 20.3. The van der Waals surface area contributed by atoms with Crippen LogP contribution in [0, 0.1) is 13.8 Å². The Kier molecular flexibility index (Phi) is 4.75. The molecular weight excluding hydrogens is 224 g/mol. The fourth-order valence-corrected chi connectivity index (χ4v) is 2.42. The third-order valence-electron chi connectivity index (χ3n) is 3.68. The second-order valence-corrected chi connectivity index (χ2v) is 5.25. The van der Waals surface area contributed by atoms with Crippen molar-refractivity contribution in [3.05, 3.63) is 34.9 Å². The van der Waals surface area contributed by atoms with Crippen LogP contribution in [0.5, 0.6) is 0 Å². The fourth-order valence-electron chi connectivity index (χ4n) is 2.42. The van der Waals surface area contributed by atoms with Crippen LogP contribution in [0.15, 0.2) is 18.2 Å². The van der Waals surface area contributed by atoms with E-state index >= 15 is 0 Å². The Labute approximate surface area is 110 Å². The third-order valence-corrected chi connectivity index (χ3v) is 3.68. The first-order valence-electron chi connectivity index (χ1n) is 6.73. The molecule has 0 radical (unpaired) electrons. The molecule has 0 spiro atoms. The van der Waals surface area contributed by atoms with Gasteiger partial charge in [0.1, 0.15) is 0 Å². The smallest absolute Gasteiger partial charge is 0.0826 e. The number of benzene rings is 1. The van der Waals surface area contributed by atoms with Gasteiger partial charge in [-0.25, -0.2) is 0 Å². The highest BCUT2D eigenvalue weighted by atomic mass is 16.5. The van der Waals surface area contributed by atoms with Gasteiger partial charge in [0.25, 0.3) is 0 Å². The number of aryl methyl sites for hydroxylation is 1. The molecule has 1 aromatic carbocycles. The summed E-state index contributed by atoms with van der Waals surface area (Å²) < 4.78 is 5.74. The van der Waals surface area contributed by atoms with E-state index in [-0.39, 0.29) is 0 Å². The molecule has 0 aromatic heterocycles. The van der Waals surface area contributed by atoms with E-state index in [4.69, 9.17) is 4.74 Å². The average molecular weight is 248 g/mol. The van der Waals surface area contributed by atoms with Gasteiger partial charge < -0.3 is 10.1 Å². The zero-order valence-corrected chi connectivity index (χ0v) is 11.7. The molecule has 1 aliphatic rings. The maximum Gasteiger partial charge on any atom is 0.0826 e. The lowest BCUT2D eigenvalue weighted by molar-refractivity contribution is 0.00882. The number of likely N-dealkylation sites (N-methyl/N-ethyl adjacent to an activating group) is 1. The van der Waals surface area contributed by atoms with Crippen LogP contribution in [0.25, 0.3) is 0 Å². The summed E-state index contributed by atoms with van der Waals surface area (Å²) in [5.41, 5.74) is 4.20. The van der Waals surface area contributed by atoms with Crippen LogP contribution in [-0.4, -0.2) is 44.3 Å². The van der Waals surface area contributed by atoms with Crippen molar-refractivity contribution in [2.75, 3.05) is 33.3 Å². The Balaban J connectivity index is 1.90. The Morgan fingerprint density at radius 3 is 2.94 bits per heavy atom. The fraction of sp³-hybridized carbons (Fsp3) is 0.600. The van der Waals surface area contributed by atoms with Crippen LogP contribution in [-0.2, 0) is 11.3 Å². The predicted octanol–water partition coefficient (Wildman–Crippen LogP) is 1.72. The van der Waals surface area contributed by atoms with Gasteiger partial charge >= 0.3 is 0 Å². The second-order valence-electron chi connectivity index (χ2n) is 5.25. The summed E-state index contributed by atoms with van der Waals surface area (Å²) in [7, 11) is 2.17. The number of nitrogens with one attached hydrogen (secondary N) is 1. The molecule has 2 rings (SSSR count). The molecule has 1 unspecified atom stereocenters. The number of hydrogen-bond acceptors (Lipinski definition) is 3. The van der Waals surface area contributed by atoms with Crippen molar-refractivity contribution in [1.82, 2.24) is 10.2 Å². The van der Waals surface area contributed by atoms with Crippen molar-refractivity contribution < 1.29 is 4.74 Å². The van der Waals surface area contributed by atoms with Crippen molar-refractivity contribution in [2.45, 2.75) is 26.5 Å². The van der Waals surface area contributed by atoms with E-state index in [9.17, 15) is 0 Å². The maximum atomic E-state index is 5.74.